The van der Waals surface area contributed by atoms with Crippen LogP contribution in [-0.4, -0.2) is 53.5 Å². The first-order valence-corrected chi connectivity index (χ1v) is 7.31. The minimum Gasteiger partial charge on any atom is -0.341 e. The van der Waals surface area contributed by atoms with Crippen LogP contribution in [0, 0.1) is 0 Å². The van der Waals surface area contributed by atoms with Gasteiger partial charge in [-0.25, -0.2) is 0 Å². The molecule has 0 spiro atoms. The highest BCUT2D eigenvalue weighted by Crippen LogP contribution is 2.22. The molecular formula is C14H27N3O. The third kappa shape index (κ3) is 3.23. The van der Waals surface area contributed by atoms with E-state index in [1.54, 1.807) is 13.8 Å². The first-order valence-electron chi connectivity index (χ1n) is 7.31. The number of rotatable bonds is 2. The summed E-state index contributed by atoms with van der Waals surface area (Å²) in [4.78, 5) is 16.8. The number of nitrogens with zero attached hydrogens (tertiary/aromatic N) is 2. The Kier molecular flexibility index (Phi) is 4.28. The first-order chi connectivity index (χ1) is 8.48. The van der Waals surface area contributed by atoms with E-state index in [4.69, 9.17) is 5.73 Å². The number of nitrogens with two attached hydrogens (primary N) is 1. The molecule has 0 bridgehead atoms. The zero-order valence-electron chi connectivity index (χ0n) is 11.8. The van der Waals surface area contributed by atoms with Gasteiger partial charge in [-0.3, -0.25) is 4.79 Å². The second-order valence-corrected chi connectivity index (χ2v) is 6.34. The lowest BCUT2D eigenvalue weighted by Gasteiger charge is -2.29. The van der Waals surface area contributed by atoms with E-state index in [0.717, 1.165) is 25.9 Å². The monoisotopic (exact) mass is 253 g/mol. The van der Waals surface area contributed by atoms with Gasteiger partial charge in [-0.05, 0) is 59.0 Å². The smallest absolute Gasteiger partial charge is 0.242 e. The van der Waals surface area contributed by atoms with Crippen LogP contribution < -0.4 is 5.73 Å². The lowest BCUT2D eigenvalue weighted by molar-refractivity contribution is -0.135. The quantitative estimate of drug-likeness (QED) is 0.804. The predicted octanol–water partition coefficient (Wildman–Crippen LogP) is 1.20. The molecule has 18 heavy (non-hydrogen) atoms. The summed E-state index contributed by atoms with van der Waals surface area (Å²) >= 11 is 0. The Morgan fingerprint density at radius 2 is 1.72 bits per heavy atom. The minimum atomic E-state index is -0.729. The maximum Gasteiger partial charge on any atom is 0.242 e. The zero-order valence-corrected chi connectivity index (χ0v) is 11.8. The van der Waals surface area contributed by atoms with Crippen LogP contribution in [0.25, 0.3) is 0 Å². The normalized spacial score (nSPS) is 27.3. The molecule has 2 aliphatic rings. The fourth-order valence-corrected chi connectivity index (χ4v) is 3.16. The van der Waals surface area contributed by atoms with Crippen molar-refractivity contribution in [3.8, 4) is 0 Å². The standard InChI is InChI=1S/C14H27N3O/c1-14(2,15)13(18)17-10-5-6-12(7-11-17)16-8-3-4-9-16/h12H,3-11,15H2,1-2H3. The van der Waals surface area contributed by atoms with E-state index in [1.165, 1.54) is 32.4 Å². The summed E-state index contributed by atoms with van der Waals surface area (Å²) in [7, 11) is 0. The lowest BCUT2D eigenvalue weighted by Crippen LogP contribution is -2.51. The van der Waals surface area contributed by atoms with Gasteiger partial charge in [0.15, 0.2) is 0 Å². The van der Waals surface area contributed by atoms with Crippen LogP contribution in [0.4, 0.5) is 0 Å². The van der Waals surface area contributed by atoms with E-state index in [-0.39, 0.29) is 5.91 Å². The number of carbonyl (C=O) groups is 1. The summed E-state index contributed by atoms with van der Waals surface area (Å²) in [5, 5.41) is 0. The van der Waals surface area contributed by atoms with Crippen molar-refractivity contribution < 1.29 is 4.79 Å². The van der Waals surface area contributed by atoms with Crippen molar-refractivity contribution in [2.45, 2.75) is 57.5 Å². The molecule has 2 saturated heterocycles. The van der Waals surface area contributed by atoms with E-state index in [1.807, 2.05) is 4.90 Å². The Balaban J connectivity index is 1.90. The topological polar surface area (TPSA) is 49.6 Å². The molecule has 1 amide bonds. The number of amides is 1. The molecule has 2 N–H and O–H groups in total. The zero-order chi connectivity index (χ0) is 13.2. The Morgan fingerprint density at radius 3 is 2.33 bits per heavy atom. The lowest BCUT2D eigenvalue weighted by atomic mass is 10.1. The molecule has 0 saturated carbocycles. The molecule has 2 fully saturated rings. The predicted molar refractivity (Wildman–Crippen MR) is 73.3 cm³/mol. The van der Waals surface area contributed by atoms with Crippen LogP contribution in [0.2, 0.25) is 0 Å². The van der Waals surface area contributed by atoms with Crippen LogP contribution in [0.5, 0.6) is 0 Å². The third-order valence-electron chi connectivity index (χ3n) is 4.19. The average molecular weight is 253 g/mol. The Labute approximate surface area is 110 Å². The minimum absolute atomic E-state index is 0.101. The fraction of sp³-hybridized carbons (Fsp3) is 0.929. The van der Waals surface area contributed by atoms with Gasteiger partial charge in [-0.2, -0.15) is 0 Å². The van der Waals surface area contributed by atoms with Gasteiger partial charge in [0.05, 0.1) is 5.54 Å². The maximum atomic E-state index is 12.2. The number of carbonyl (C=O) groups excluding carboxylic acids is 1. The second kappa shape index (κ2) is 5.57. The maximum absolute atomic E-state index is 12.2. The molecule has 2 heterocycles. The fourth-order valence-electron chi connectivity index (χ4n) is 3.16. The van der Waals surface area contributed by atoms with Gasteiger partial charge >= 0.3 is 0 Å². The van der Waals surface area contributed by atoms with E-state index >= 15 is 0 Å². The molecule has 0 radical (unpaired) electrons. The van der Waals surface area contributed by atoms with Gasteiger partial charge in [0.25, 0.3) is 0 Å². The summed E-state index contributed by atoms with van der Waals surface area (Å²) in [5.41, 5.74) is 5.19. The number of hydrogen-bond acceptors (Lipinski definition) is 3. The summed E-state index contributed by atoms with van der Waals surface area (Å²) in [6, 6.07) is 0.686. The molecule has 4 nitrogen and oxygen atoms in total. The van der Waals surface area contributed by atoms with Gasteiger partial charge in [0.2, 0.25) is 5.91 Å². The van der Waals surface area contributed by atoms with Gasteiger partial charge in [0.1, 0.15) is 0 Å². The highest BCUT2D eigenvalue weighted by Gasteiger charge is 2.31. The van der Waals surface area contributed by atoms with Crippen molar-refractivity contribution in [1.29, 1.82) is 0 Å². The van der Waals surface area contributed by atoms with Crippen molar-refractivity contribution >= 4 is 5.91 Å². The van der Waals surface area contributed by atoms with Crippen LogP contribution in [0.15, 0.2) is 0 Å². The van der Waals surface area contributed by atoms with Crippen LogP contribution in [-0.2, 0) is 4.79 Å². The van der Waals surface area contributed by atoms with Gasteiger partial charge in [-0.15, -0.1) is 0 Å². The van der Waals surface area contributed by atoms with Crippen LogP contribution >= 0.6 is 0 Å². The van der Waals surface area contributed by atoms with Gasteiger partial charge in [-0.1, -0.05) is 0 Å². The van der Waals surface area contributed by atoms with Crippen molar-refractivity contribution in [3.05, 3.63) is 0 Å². The van der Waals surface area contributed by atoms with E-state index in [9.17, 15) is 4.79 Å². The molecular weight excluding hydrogens is 226 g/mol. The second-order valence-electron chi connectivity index (χ2n) is 6.34. The summed E-state index contributed by atoms with van der Waals surface area (Å²) in [6.45, 7) is 7.86. The highest BCUT2D eigenvalue weighted by atomic mass is 16.2. The molecule has 1 atom stereocenters. The molecule has 0 aromatic rings. The highest BCUT2D eigenvalue weighted by molar-refractivity contribution is 5.85. The van der Waals surface area contributed by atoms with Crippen molar-refractivity contribution in [1.82, 2.24) is 9.80 Å². The van der Waals surface area contributed by atoms with E-state index in [0.29, 0.717) is 6.04 Å². The van der Waals surface area contributed by atoms with E-state index < -0.39 is 5.54 Å². The largest absolute Gasteiger partial charge is 0.341 e. The Morgan fingerprint density at radius 1 is 1.06 bits per heavy atom. The molecule has 4 heteroatoms. The first kappa shape index (κ1) is 13.8. The Bertz CT molecular complexity index is 292. The summed E-state index contributed by atoms with van der Waals surface area (Å²) < 4.78 is 0. The molecule has 0 aromatic carbocycles. The molecule has 0 aromatic heterocycles. The summed E-state index contributed by atoms with van der Waals surface area (Å²) in [5.74, 6) is 0.101. The van der Waals surface area contributed by atoms with E-state index in [2.05, 4.69) is 4.90 Å². The Hall–Kier alpha value is -0.610. The molecule has 1 unspecified atom stereocenters. The van der Waals surface area contributed by atoms with Crippen molar-refractivity contribution in [3.63, 3.8) is 0 Å². The molecule has 2 rings (SSSR count). The number of likely N-dealkylation sites (tertiary alicyclic amines) is 2. The van der Waals surface area contributed by atoms with Gasteiger partial charge < -0.3 is 15.5 Å². The number of hydrogen-bond donors (Lipinski definition) is 1. The van der Waals surface area contributed by atoms with Gasteiger partial charge in [0, 0.05) is 19.1 Å². The molecule has 0 aliphatic carbocycles. The SMILES string of the molecule is CC(C)(N)C(=O)N1CCCC(N2CCCC2)CC1. The molecule has 2 aliphatic heterocycles. The van der Waals surface area contributed by atoms with Crippen LogP contribution in [0.3, 0.4) is 0 Å². The van der Waals surface area contributed by atoms with Crippen LogP contribution in [0.1, 0.15) is 46.0 Å². The average Bonchev–Trinajstić information content (AvgIpc) is 2.72. The van der Waals surface area contributed by atoms with Crippen molar-refractivity contribution in [2.75, 3.05) is 26.2 Å². The summed E-state index contributed by atoms with van der Waals surface area (Å²) in [6.07, 6.45) is 6.14. The molecule has 104 valence electrons. The third-order valence-corrected chi connectivity index (χ3v) is 4.19. The van der Waals surface area contributed by atoms with Crippen molar-refractivity contribution in [2.24, 2.45) is 5.73 Å².